The average Bonchev–Trinajstić information content (AvgIpc) is 2.65. The fourth-order valence-electron chi connectivity index (χ4n) is 1.99. The van der Waals surface area contributed by atoms with Gasteiger partial charge in [-0.3, -0.25) is 4.57 Å². The summed E-state index contributed by atoms with van der Waals surface area (Å²) in [6.07, 6.45) is 0. The maximum absolute atomic E-state index is 13.2. The lowest BCUT2D eigenvalue weighted by Gasteiger charge is -2.09. The average molecular weight is 385 g/mol. The summed E-state index contributed by atoms with van der Waals surface area (Å²) in [5.74, 6) is 0.0572. The van der Waals surface area contributed by atoms with Gasteiger partial charge in [-0.15, -0.1) is 0 Å². The fraction of sp³-hybridized carbons (Fsp3) is 0. The number of nitrogens with two attached hydrogens (primary N) is 1. The highest BCUT2D eigenvalue weighted by atomic mass is 79.9. The van der Waals surface area contributed by atoms with Crippen molar-refractivity contribution in [2.75, 3.05) is 5.73 Å². The molecule has 0 aliphatic carbocycles. The second-order valence-corrected chi connectivity index (χ2v) is 5.80. The van der Waals surface area contributed by atoms with E-state index in [0.717, 1.165) is 21.2 Å². The van der Waals surface area contributed by atoms with Crippen LogP contribution >= 0.6 is 31.9 Å². The number of rotatable bonds is 1. The van der Waals surface area contributed by atoms with Crippen LogP contribution in [0.15, 0.2) is 45.3 Å². The molecule has 2 N–H and O–H groups in total. The molecule has 0 saturated heterocycles. The molecule has 0 aliphatic heterocycles. The van der Waals surface area contributed by atoms with Gasteiger partial charge in [-0.05, 0) is 52.3 Å². The van der Waals surface area contributed by atoms with Crippen molar-refractivity contribution >= 4 is 48.8 Å². The maximum atomic E-state index is 13.2. The van der Waals surface area contributed by atoms with Crippen molar-refractivity contribution in [1.29, 1.82) is 0 Å². The molecular formula is C13H8Br2FN3. The first-order chi connectivity index (χ1) is 9.06. The molecule has 0 amide bonds. The number of nitrogen functional groups attached to an aromatic ring is 1. The lowest BCUT2D eigenvalue weighted by atomic mass is 10.2. The largest absolute Gasteiger partial charge is 0.369 e. The second kappa shape index (κ2) is 4.61. The third-order valence-electron chi connectivity index (χ3n) is 2.79. The first kappa shape index (κ1) is 12.6. The summed E-state index contributed by atoms with van der Waals surface area (Å²) < 4.78 is 16.5. The summed E-state index contributed by atoms with van der Waals surface area (Å²) in [6, 6.07) is 10.2. The summed E-state index contributed by atoms with van der Waals surface area (Å²) in [5, 5.41) is 0. The number of imidazole rings is 1. The molecule has 2 aromatic carbocycles. The van der Waals surface area contributed by atoms with E-state index in [1.54, 1.807) is 10.6 Å². The van der Waals surface area contributed by atoms with E-state index in [4.69, 9.17) is 5.73 Å². The summed E-state index contributed by atoms with van der Waals surface area (Å²) in [5.41, 5.74) is 8.37. The Labute approximate surface area is 125 Å². The summed E-state index contributed by atoms with van der Waals surface area (Å²) in [6.45, 7) is 0. The maximum Gasteiger partial charge on any atom is 0.205 e. The molecule has 0 bridgehead atoms. The third-order valence-corrected chi connectivity index (χ3v) is 3.92. The van der Waals surface area contributed by atoms with Gasteiger partial charge in [0.15, 0.2) is 0 Å². The minimum absolute atomic E-state index is 0.304. The van der Waals surface area contributed by atoms with Crippen LogP contribution in [0.3, 0.4) is 0 Å². The number of fused-ring (bicyclic) bond motifs is 1. The van der Waals surface area contributed by atoms with Crippen LogP contribution in [0.5, 0.6) is 0 Å². The molecule has 0 aliphatic rings. The lowest BCUT2D eigenvalue weighted by Crippen LogP contribution is -2.01. The third kappa shape index (κ3) is 2.15. The molecule has 1 heterocycles. The van der Waals surface area contributed by atoms with Crippen LogP contribution in [0.1, 0.15) is 0 Å². The van der Waals surface area contributed by atoms with Gasteiger partial charge < -0.3 is 5.73 Å². The number of anilines is 1. The van der Waals surface area contributed by atoms with Gasteiger partial charge in [0, 0.05) is 8.95 Å². The summed E-state index contributed by atoms with van der Waals surface area (Å²) in [7, 11) is 0. The van der Waals surface area contributed by atoms with Crippen LogP contribution in [0.25, 0.3) is 16.7 Å². The zero-order chi connectivity index (χ0) is 13.6. The number of hydrogen-bond acceptors (Lipinski definition) is 2. The second-order valence-electron chi connectivity index (χ2n) is 4.03. The van der Waals surface area contributed by atoms with Crippen LogP contribution in [-0.2, 0) is 0 Å². The van der Waals surface area contributed by atoms with E-state index in [-0.39, 0.29) is 5.82 Å². The lowest BCUT2D eigenvalue weighted by molar-refractivity contribution is 0.626. The Morgan fingerprint density at radius 2 is 1.89 bits per heavy atom. The summed E-state index contributed by atoms with van der Waals surface area (Å²) in [4.78, 5) is 4.31. The van der Waals surface area contributed by atoms with Gasteiger partial charge in [-0.2, -0.15) is 0 Å². The molecule has 96 valence electrons. The SMILES string of the molecule is Nc1nc2cc(Br)ccc2n1-c1ccc(F)cc1Br. The smallest absolute Gasteiger partial charge is 0.205 e. The quantitative estimate of drug-likeness (QED) is 0.680. The van der Waals surface area contributed by atoms with Crippen LogP contribution in [-0.4, -0.2) is 9.55 Å². The van der Waals surface area contributed by atoms with Crippen LogP contribution in [0.4, 0.5) is 10.3 Å². The van der Waals surface area contributed by atoms with E-state index in [0.29, 0.717) is 10.4 Å². The van der Waals surface area contributed by atoms with Gasteiger partial charge in [0.05, 0.1) is 16.7 Å². The Kier molecular flexibility index (Phi) is 3.06. The number of hydrogen-bond donors (Lipinski definition) is 1. The van der Waals surface area contributed by atoms with Crippen molar-refractivity contribution < 1.29 is 4.39 Å². The molecular weight excluding hydrogens is 377 g/mol. The van der Waals surface area contributed by atoms with Crippen LogP contribution in [0.2, 0.25) is 0 Å². The highest BCUT2D eigenvalue weighted by Gasteiger charge is 2.13. The Hall–Kier alpha value is -1.40. The molecule has 3 nitrogen and oxygen atoms in total. The van der Waals surface area contributed by atoms with Crippen molar-refractivity contribution in [2.24, 2.45) is 0 Å². The van der Waals surface area contributed by atoms with Crippen molar-refractivity contribution in [2.45, 2.75) is 0 Å². The Balaban J connectivity index is 2.33. The van der Waals surface area contributed by atoms with E-state index in [1.165, 1.54) is 12.1 Å². The predicted octanol–water partition coefficient (Wildman–Crippen LogP) is 4.27. The number of aromatic nitrogens is 2. The molecule has 6 heteroatoms. The molecule has 19 heavy (non-hydrogen) atoms. The zero-order valence-electron chi connectivity index (χ0n) is 9.57. The van der Waals surface area contributed by atoms with Crippen LogP contribution in [0, 0.1) is 5.82 Å². The van der Waals surface area contributed by atoms with E-state index in [9.17, 15) is 4.39 Å². The molecule has 0 saturated carbocycles. The summed E-state index contributed by atoms with van der Waals surface area (Å²) >= 11 is 6.75. The number of halogens is 3. The van der Waals surface area contributed by atoms with Crippen molar-refractivity contribution in [3.8, 4) is 5.69 Å². The van der Waals surface area contributed by atoms with Gasteiger partial charge in [-0.1, -0.05) is 15.9 Å². The normalized spacial score (nSPS) is 11.1. The van der Waals surface area contributed by atoms with E-state index in [1.807, 2.05) is 18.2 Å². The molecule has 0 radical (unpaired) electrons. The molecule has 1 aromatic heterocycles. The zero-order valence-corrected chi connectivity index (χ0v) is 12.7. The van der Waals surface area contributed by atoms with Gasteiger partial charge in [0.1, 0.15) is 5.82 Å². The first-order valence-electron chi connectivity index (χ1n) is 5.45. The molecule has 0 spiro atoms. The molecule has 3 rings (SSSR count). The van der Waals surface area contributed by atoms with Crippen LogP contribution < -0.4 is 5.73 Å². The molecule has 0 atom stereocenters. The Morgan fingerprint density at radius 1 is 1.11 bits per heavy atom. The topological polar surface area (TPSA) is 43.8 Å². The Morgan fingerprint density at radius 3 is 2.63 bits per heavy atom. The van der Waals surface area contributed by atoms with Crippen molar-refractivity contribution in [3.63, 3.8) is 0 Å². The van der Waals surface area contributed by atoms with Gasteiger partial charge >= 0.3 is 0 Å². The van der Waals surface area contributed by atoms with Gasteiger partial charge in [0.2, 0.25) is 5.95 Å². The van der Waals surface area contributed by atoms with Gasteiger partial charge in [0.25, 0.3) is 0 Å². The minimum atomic E-state index is -0.304. The van der Waals surface area contributed by atoms with Crippen molar-refractivity contribution in [1.82, 2.24) is 9.55 Å². The number of benzene rings is 2. The molecule has 3 aromatic rings. The van der Waals surface area contributed by atoms with Crippen molar-refractivity contribution in [3.05, 3.63) is 51.2 Å². The fourth-order valence-corrected chi connectivity index (χ4v) is 2.87. The Bertz CT molecular complexity index is 783. The predicted molar refractivity (Wildman–Crippen MR) is 80.8 cm³/mol. The van der Waals surface area contributed by atoms with E-state index >= 15 is 0 Å². The highest BCUT2D eigenvalue weighted by Crippen LogP contribution is 2.30. The first-order valence-corrected chi connectivity index (χ1v) is 7.04. The minimum Gasteiger partial charge on any atom is -0.369 e. The highest BCUT2D eigenvalue weighted by molar-refractivity contribution is 9.10. The standard InChI is InChI=1S/C13H8Br2FN3/c14-7-1-3-12-10(5-7)18-13(17)19(12)11-4-2-8(16)6-9(11)15/h1-6H,(H2,17,18). The van der Waals surface area contributed by atoms with E-state index < -0.39 is 0 Å². The molecule has 0 unspecified atom stereocenters. The number of nitrogens with zero attached hydrogens (tertiary/aromatic N) is 2. The molecule has 0 fully saturated rings. The monoisotopic (exact) mass is 383 g/mol. The van der Waals surface area contributed by atoms with Gasteiger partial charge in [-0.25, -0.2) is 9.37 Å². The van der Waals surface area contributed by atoms with E-state index in [2.05, 4.69) is 36.8 Å².